The zero-order valence-electron chi connectivity index (χ0n) is 15.6. The summed E-state index contributed by atoms with van der Waals surface area (Å²) in [6.07, 6.45) is 0.869. The average molecular weight is 424 g/mol. The smallest absolute Gasteiger partial charge is 0.260 e. The number of aromatic nitrogens is 1. The van der Waals surface area contributed by atoms with Crippen LogP contribution in [0.15, 0.2) is 42.5 Å². The Morgan fingerprint density at radius 1 is 1.15 bits per heavy atom. The molecule has 1 aromatic heterocycles. The second-order valence-electron chi connectivity index (χ2n) is 6.59. The minimum atomic E-state index is -0.0676. The van der Waals surface area contributed by atoms with Gasteiger partial charge in [-0.15, -0.1) is 12.4 Å². The van der Waals surface area contributed by atoms with Crippen molar-refractivity contribution in [1.29, 1.82) is 0 Å². The van der Waals surface area contributed by atoms with E-state index < -0.39 is 0 Å². The van der Waals surface area contributed by atoms with Crippen molar-refractivity contribution in [3.8, 4) is 0 Å². The highest BCUT2D eigenvalue weighted by molar-refractivity contribution is 7.22. The molecule has 0 aliphatic rings. The summed E-state index contributed by atoms with van der Waals surface area (Å²) in [5.41, 5.74) is 2.69. The zero-order valence-corrected chi connectivity index (χ0v) is 18.0. The molecule has 0 fully saturated rings. The second kappa shape index (κ2) is 9.51. The fourth-order valence-corrected chi connectivity index (χ4v) is 4.02. The number of anilines is 1. The van der Waals surface area contributed by atoms with Crippen LogP contribution in [0.1, 0.15) is 22.3 Å². The molecule has 2 aromatic carbocycles. The molecule has 0 unspecified atom stereocenters. The SMILES string of the molecule is Cc1ccc2nc(N(CCCN(C)C)C(=O)c3cccc(Cl)c3)sc2c1.Cl. The van der Waals surface area contributed by atoms with Gasteiger partial charge in [-0.3, -0.25) is 9.69 Å². The number of amides is 1. The van der Waals surface area contributed by atoms with Gasteiger partial charge in [-0.1, -0.05) is 35.1 Å². The summed E-state index contributed by atoms with van der Waals surface area (Å²) in [5, 5.41) is 1.29. The van der Waals surface area contributed by atoms with Gasteiger partial charge in [0.15, 0.2) is 5.13 Å². The van der Waals surface area contributed by atoms with E-state index in [1.165, 1.54) is 5.56 Å². The minimum absolute atomic E-state index is 0. The van der Waals surface area contributed by atoms with Crippen LogP contribution in [0.2, 0.25) is 5.02 Å². The van der Waals surface area contributed by atoms with Gasteiger partial charge in [0.05, 0.1) is 10.2 Å². The number of halogens is 2. The predicted octanol–water partition coefficient (Wildman–Crippen LogP) is 5.28. The van der Waals surface area contributed by atoms with E-state index in [0.29, 0.717) is 17.1 Å². The molecule has 0 spiro atoms. The van der Waals surface area contributed by atoms with Crippen molar-refractivity contribution in [2.75, 3.05) is 32.1 Å². The van der Waals surface area contributed by atoms with Crippen LogP contribution in [-0.4, -0.2) is 43.0 Å². The van der Waals surface area contributed by atoms with Gasteiger partial charge < -0.3 is 4.90 Å². The van der Waals surface area contributed by atoms with E-state index >= 15 is 0 Å². The number of rotatable bonds is 6. The molecular formula is C20H23Cl2N3OS. The number of nitrogens with zero attached hydrogens (tertiary/aromatic N) is 3. The Morgan fingerprint density at radius 2 is 1.93 bits per heavy atom. The fourth-order valence-electron chi connectivity index (χ4n) is 2.74. The van der Waals surface area contributed by atoms with E-state index in [-0.39, 0.29) is 18.3 Å². The van der Waals surface area contributed by atoms with Gasteiger partial charge in [0.25, 0.3) is 5.91 Å². The highest BCUT2D eigenvalue weighted by Gasteiger charge is 2.21. The van der Waals surface area contributed by atoms with Crippen molar-refractivity contribution in [2.45, 2.75) is 13.3 Å². The number of aryl methyl sites for hydroxylation is 1. The lowest BCUT2D eigenvalue weighted by atomic mass is 10.2. The summed E-state index contributed by atoms with van der Waals surface area (Å²) < 4.78 is 1.09. The first kappa shape index (κ1) is 21.6. The van der Waals surface area contributed by atoms with Crippen molar-refractivity contribution >= 4 is 56.6 Å². The lowest BCUT2D eigenvalue weighted by Gasteiger charge is -2.21. The first-order chi connectivity index (χ1) is 12.4. The van der Waals surface area contributed by atoms with Gasteiger partial charge in [0.1, 0.15) is 0 Å². The van der Waals surface area contributed by atoms with Gasteiger partial charge in [-0.2, -0.15) is 0 Å². The maximum Gasteiger partial charge on any atom is 0.260 e. The third-order valence-corrected chi connectivity index (χ3v) is 5.34. The molecule has 0 saturated carbocycles. The standard InChI is InChI=1S/C20H22ClN3OS.ClH/c1-14-8-9-17-18(12-14)26-20(22-17)24(11-5-10-23(2)3)19(25)15-6-4-7-16(21)13-15;/h4,6-9,12-13H,5,10-11H2,1-3H3;1H. The van der Waals surface area contributed by atoms with E-state index in [0.717, 1.165) is 28.3 Å². The summed E-state index contributed by atoms with van der Waals surface area (Å²) in [7, 11) is 4.06. The fraction of sp³-hybridized carbons (Fsp3) is 0.300. The van der Waals surface area contributed by atoms with Crippen LogP contribution < -0.4 is 4.90 Å². The number of carbonyl (C=O) groups excluding carboxylic acids is 1. The van der Waals surface area contributed by atoms with E-state index in [1.807, 2.05) is 26.2 Å². The lowest BCUT2D eigenvalue weighted by Crippen LogP contribution is -2.33. The molecule has 1 heterocycles. The number of hydrogen-bond acceptors (Lipinski definition) is 4. The molecule has 0 N–H and O–H groups in total. The molecule has 0 aliphatic carbocycles. The van der Waals surface area contributed by atoms with E-state index in [4.69, 9.17) is 16.6 Å². The van der Waals surface area contributed by atoms with Crippen LogP contribution in [0, 0.1) is 6.92 Å². The largest absolute Gasteiger partial charge is 0.309 e. The Hall–Kier alpha value is -1.66. The molecule has 3 aromatic rings. The molecule has 0 atom stereocenters. The summed E-state index contributed by atoms with van der Waals surface area (Å²) in [5.74, 6) is -0.0676. The molecular weight excluding hydrogens is 401 g/mol. The lowest BCUT2D eigenvalue weighted by molar-refractivity contribution is 0.0986. The Bertz CT molecular complexity index is 926. The first-order valence-corrected chi connectivity index (χ1v) is 9.73. The zero-order chi connectivity index (χ0) is 18.7. The third-order valence-electron chi connectivity index (χ3n) is 4.07. The predicted molar refractivity (Wildman–Crippen MR) is 118 cm³/mol. The monoisotopic (exact) mass is 423 g/mol. The molecule has 0 radical (unpaired) electrons. The number of thiazole rings is 1. The number of benzene rings is 2. The maximum atomic E-state index is 13.1. The second-order valence-corrected chi connectivity index (χ2v) is 8.04. The molecule has 1 amide bonds. The van der Waals surface area contributed by atoms with Crippen molar-refractivity contribution < 1.29 is 4.79 Å². The first-order valence-electron chi connectivity index (χ1n) is 8.53. The molecule has 0 aliphatic heterocycles. The summed E-state index contributed by atoms with van der Waals surface area (Å²) >= 11 is 7.63. The normalized spacial score (nSPS) is 10.9. The van der Waals surface area contributed by atoms with Crippen LogP contribution in [0.25, 0.3) is 10.2 Å². The van der Waals surface area contributed by atoms with Crippen molar-refractivity contribution in [3.05, 3.63) is 58.6 Å². The van der Waals surface area contributed by atoms with Crippen LogP contribution in [0.5, 0.6) is 0 Å². The van der Waals surface area contributed by atoms with Crippen LogP contribution >= 0.6 is 35.3 Å². The van der Waals surface area contributed by atoms with Crippen LogP contribution in [0.3, 0.4) is 0 Å². The Morgan fingerprint density at radius 3 is 2.63 bits per heavy atom. The Balaban J connectivity index is 0.00000261. The van der Waals surface area contributed by atoms with E-state index in [9.17, 15) is 4.79 Å². The number of hydrogen-bond donors (Lipinski definition) is 0. The highest BCUT2D eigenvalue weighted by atomic mass is 35.5. The van der Waals surface area contributed by atoms with Crippen molar-refractivity contribution in [3.63, 3.8) is 0 Å². The molecule has 4 nitrogen and oxygen atoms in total. The highest BCUT2D eigenvalue weighted by Crippen LogP contribution is 2.30. The third kappa shape index (κ3) is 5.42. The number of fused-ring (bicyclic) bond motifs is 1. The van der Waals surface area contributed by atoms with Gasteiger partial charge >= 0.3 is 0 Å². The summed E-state index contributed by atoms with van der Waals surface area (Å²) in [6, 6.07) is 13.2. The van der Waals surface area contributed by atoms with E-state index in [1.54, 1.807) is 40.5 Å². The quantitative estimate of drug-likeness (QED) is 0.540. The summed E-state index contributed by atoms with van der Waals surface area (Å²) in [6.45, 7) is 3.58. The molecule has 7 heteroatoms. The molecule has 0 saturated heterocycles. The van der Waals surface area contributed by atoms with Crippen LogP contribution in [-0.2, 0) is 0 Å². The molecule has 27 heavy (non-hydrogen) atoms. The van der Waals surface area contributed by atoms with Crippen molar-refractivity contribution in [2.24, 2.45) is 0 Å². The number of carbonyl (C=O) groups is 1. The molecule has 3 rings (SSSR count). The minimum Gasteiger partial charge on any atom is -0.309 e. The van der Waals surface area contributed by atoms with Gasteiger partial charge in [0, 0.05) is 17.1 Å². The maximum absolute atomic E-state index is 13.1. The average Bonchev–Trinajstić information content (AvgIpc) is 3.00. The van der Waals surface area contributed by atoms with E-state index in [2.05, 4.69) is 17.9 Å². The summed E-state index contributed by atoms with van der Waals surface area (Å²) in [4.78, 5) is 21.7. The Kier molecular flexibility index (Phi) is 7.62. The molecule has 0 bridgehead atoms. The topological polar surface area (TPSA) is 36.4 Å². The Labute approximate surface area is 175 Å². The van der Waals surface area contributed by atoms with Crippen molar-refractivity contribution in [1.82, 2.24) is 9.88 Å². The van der Waals surface area contributed by atoms with Gasteiger partial charge in [-0.05, 0) is 69.9 Å². The van der Waals surface area contributed by atoms with Gasteiger partial charge in [0.2, 0.25) is 0 Å². The molecule has 144 valence electrons. The van der Waals surface area contributed by atoms with Gasteiger partial charge in [-0.25, -0.2) is 4.98 Å². The van der Waals surface area contributed by atoms with Crippen LogP contribution in [0.4, 0.5) is 5.13 Å².